The molecule has 12 nitrogen and oxygen atoms in total. The lowest BCUT2D eigenvalue weighted by molar-refractivity contribution is -0.384. The van der Waals surface area contributed by atoms with Gasteiger partial charge in [-0.3, -0.25) is 15.0 Å². The van der Waals surface area contributed by atoms with Gasteiger partial charge in [0, 0.05) is 6.07 Å². The van der Waals surface area contributed by atoms with Crippen molar-refractivity contribution in [3.8, 4) is 6.07 Å². The van der Waals surface area contributed by atoms with E-state index in [2.05, 4.69) is 0 Å². The van der Waals surface area contributed by atoms with Gasteiger partial charge in [0.1, 0.15) is 17.2 Å². The molecule has 0 amide bonds. The first-order chi connectivity index (χ1) is 16.7. The van der Waals surface area contributed by atoms with Gasteiger partial charge in [0.2, 0.25) is 0 Å². The zero-order valence-corrected chi connectivity index (χ0v) is 18.4. The highest BCUT2D eigenvalue weighted by Gasteiger charge is 2.45. The highest BCUT2D eigenvalue weighted by Crippen LogP contribution is 2.46. The number of carboxylic acid groups (broad SMARTS) is 1. The van der Waals surface area contributed by atoms with Crippen LogP contribution in [-0.4, -0.2) is 42.2 Å². The van der Waals surface area contributed by atoms with Gasteiger partial charge in [0.05, 0.1) is 47.8 Å². The Kier molecular flexibility index (Phi) is 6.82. The Labute approximate surface area is 198 Å². The van der Waals surface area contributed by atoms with Crippen molar-refractivity contribution < 1.29 is 33.9 Å². The summed E-state index contributed by atoms with van der Waals surface area (Å²) in [4.78, 5) is 49.7. The third-order valence-corrected chi connectivity index (χ3v) is 5.28. The molecular weight excluding hydrogens is 460 g/mol. The number of hydrogen-bond acceptors (Lipinski definition) is 10. The molecule has 0 radical (unpaired) electrons. The number of ether oxygens (including phenoxy) is 2. The van der Waals surface area contributed by atoms with Crippen molar-refractivity contribution in [1.29, 1.82) is 5.26 Å². The number of anilines is 1. The number of carbonyl (C=O) groups excluding carboxylic acids is 2. The first-order valence-corrected chi connectivity index (χ1v) is 9.85. The average molecular weight is 478 g/mol. The fourth-order valence-corrected chi connectivity index (χ4v) is 3.83. The van der Waals surface area contributed by atoms with Crippen LogP contribution in [0.25, 0.3) is 0 Å². The van der Waals surface area contributed by atoms with Crippen LogP contribution in [0.5, 0.6) is 0 Å². The first-order valence-electron chi connectivity index (χ1n) is 9.85. The summed E-state index contributed by atoms with van der Waals surface area (Å²) in [6.45, 7) is 0. The van der Waals surface area contributed by atoms with E-state index in [1.54, 1.807) is 30.3 Å². The standard InChI is InChI=1S/C23H18N4O8/c1-34-22(30)17-16(12-7-4-3-5-8-12)14(11-24)20(25)26(19(17)23(31)35-2)18-13(21(28)29)9-6-10-15(18)27(32)33/h3-10,16H,25H2,1-2H3,(H,28,29). The minimum Gasteiger partial charge on any atom is -0.478 e. The van der Waals surface area contributed by atoms with E-state index >= 15 is 0 Å². The molecule has 178 valence electrons. The van der Waals surface area contributed by atoms with E-state index in [0.29, 0.717) is 10.5 Å². The summed E-state index contributed by atoms with van der Waals surface area (Å²) >= 11 is 0. The second kappa shape index (κ2) is 9.75. The number of nitrogens with two attached hydrogens (primary N) is 1. The molecule has 0 spiro atoms. The van der Waals surface area contributed by atoms with Crippen LogP contribution in [0.3, 0.4) is 0 Å². The Bertz CT molecular complexity index is 1310. The number of hydrogen-bond donors (Lipinski definition) is 2. The molecule has 1 atom stereocenters. The molecule has 0 aliphatic carbocycles. The molecule has 2 aromatic rings. The van der Waals surface area contributed by atoms with Crippen molar-refractivity contribution >= 4 is 29.3 Å². The Hall–Kier alpha value is -5.18. The van der Waals surface area contributed by atoms with Crippen LogP contribution in [-0.2, 0) is 19.1 Å². The molecule has 3 rings (SSSR count). The lowest BCUT2D eigenvalue weighted by atomic mass is 9.80. The summed E-state index contributed by atoms with van der Waals surface area (Å²) in [5.41, 5.74) is 3.39. The molecule has 1 aliphatic rings. The zero-order chi connectivity index (χ0) is 25.9. The van der Waals surface area contributed by atoms with E-state index < -0.39 is 62.8 Å². The number of nitrogens with zero attached hydrogens (tertiary/aromatic N) is 3. The summed E-state index contributed by atoms with van der Waals surface area (Å²) in [7, 11) is 2.04. The maximum Gasteiger partial charge on any atom is 0.355 e. The largest absolute Gasteiger partial charge is 0.478 e. The maximum absolute atomic E-state index is 13.1. The number of para-hydroxylation sites is 1. The third-order valence-electron chi connectivity index (χ3n) is 5.28. The van der Waals surface area contributed by atoms with E-state index in [1.165, 1.54) is 0 Å². The summed E-state index contributed by atoms with van der Waals surface area (Å²) in [6, 6.07) is 13.2. The number of methoxy groups -OCH3 is 2. The average Bonchev–Trinajstić information content (AvgIpc) is 2.86. The normalized spacial score (nSPS) is 15.3. The number of nitro benzene ring substituents is 1. The number of carbonyl (C=O) groups is 3. The quantitative estimate of drug-likeness (QED) is 0.352. The molecule has 3 N–H and O–H groups in total. The van der Waals surface area contributed by atoms with Gasteiger partial charge in [0.15, 0.2) is 0 Å². The van der Waals surface area contributed by atoms with Crippen molar-refractivity contribution in [1.82, 2.24) is 0 Å². The molecule has 0 saturated heterocycles. The second-order valence-electron chi connectivity index (χ2n) is 7.07. The summed E-state index contributed by atoms with van der Waals surface area (Å²) in [6.07, 6.45) is 0. The number of aromatic carboxylic acids is 1. The summed E-state index contributed by atoms with van der Waals surface area (Å²) in [5, 5.41) is 31.6. The maximum atomic E-state index is 13.1. The summed E-state index contributed by atoms with van der Waals surface area (Å²) < 4.78 is 9.72. The van der Waals surface area contributed by atoms with Gasteiger partial charge in [-0.25, -0.2) is 14.4 Å². The van der Waals surface area contributed by atoms with Gasteiger partial charge in [-0.1, -0.05) is 36.4 Å². The lowest BCUT2D eigenvalue weighted by Crippen LogP contribution is -2.41. The number of esters is 2. The van der Waals surface area contributed by atoms with E-state index in [-0.39, 0.29) is 5.57 Å². The predicted molar refractivity (Wildman–Crippen MR) is 120 cm³/mol. The van der Waals surface area contributed by atoms with Crippen LogP contribution >= 0.6 is 0 Å². The lowest BCUT2D eigenvalue weighted by Gasteiger charge is -2.36. The van der Waals surface area contributed by atoms with Gasteiger partial charge < -0.3 is 20.3 Å². The molecule has 0 fully saturated rings. The van der Waals surface area contributed by atoms with Crippen molar-refractivity contribution in [2.24, 2.45) is 5.73 Å². The fourth-order valence-electron chi connectivity index (χ4n) is 3.83. The highest BCUT2D eigenvalue weighted by atomic mass is 16.6. The van der Waals surface area contributed by atoms with Crippen LogP contribution in [0.2, 0.25) is 0 Å². The molecule has 12 heteroatoms. The topological polar surface area (TPSA) is 186 Å². The van der Waals surface area contributed by atoms with Gasteiger partial charge >= 0.3 is 17.9 Å². The van der Waals surface area contributed by atoms with Crippen LogP contribution in [0.4, 0.5) is 11.4 Å². The number of benzene rings is 2. The molecule has 1 unspecified atom stereocenters. The van der Waals surface area contributed by atoms with Crippen LogP contribution in [0.15, 0.2) is 71.2 Å². The molecular formula is C23H18N4O8. The molecule has 0 saturated carbocycles. The third kappa shape index (κ3) is 4.13. The van der Waals surface area contributed by atoms with Crippen molar-refractivity contribution in [2.45, 2.75) is 5.92 Å². The Balaban J connectivity index is 2.56. The van der Waals surface area contributed by atoms with Gasteiger partial charge in [-0.05, 0) is 11.6 Å². The second-order valence-corrected chi connectivity index (χ2v) is 7.07. The van der Waals surface area contributed by atoms with Gasteiger partial charge in [-0.15, -0.1) is 0 Å². The zero-order valence-electron chi connectivity index (χ0n) is 18.4. The minimum absolute atomic E-state index is 0.265. The minimum atomic E-state index is -1.58. The molecule has 2 aromatic carbocycles. The highest BCUT2D eigenvalue weighted by molar-refractivity contribution is 6.09. The van der Waals surface area contributed by atoms with E-state index in [1.807, 2.05) is 6.07 Å². The molecule has 0 bridgehead atoms. The molecule has 0 aromatic heterocycles. The monoisotopic (exact) mass is 478 g/mol. The van der Waals surface area contributed by atoms with Crippen molar-refractivity contribution in [2.75, 3.05) is 19.1 Å². The van der Waals surface area contributed by atoms with Gasteiger partial charge in [0.25, 0.3) is 5.69 Å². The summed E-state index contributed by atoms with van der Waals surface area (Å²) in [5.74, 6) is -5.51. The number of allylic oxidation sites excluding steroid dienone is 1. The van der Waals surface area contributed by atoms with Crippen molar-refractivity contribution in [3.05, 3.63) is 92.4 Å². The van der Waals surface area contributed by atoms with E-state index in [9.17, 15) is 34.9 Å². The Morgan fingerprint density at radius 1 is 1.09 bits per heavy atom. The van der Waals surface area contributed by atoms with Gasteiger partial charge in [-0.2, -0.15) is 5.26 Å². The number of nitro groups is 1. The fraction of sp³-hybridized carbons (Fsp3) is 0.130. The Morgan fingerprint density at radius 2 is 1.71 bits per heavy atom. The first kappa shape index (κ1) is 24.5. The van der Waals surface area contributed by atoms with Crippen molar-refractivity contribution in [3.63, 3.8) is 0 Å². The predicted octanol–water partition coefficient (Wildman–Crippen LogP) is 2.19. The number of nitriles is 1. The van der Waals surface area contributed by atoms with Crippen LogP contribution in [0, 0.1) is 21.4 Å². The Morgan fingerprint density at radius 3 is 2.23 bits per heavy atom. The number of carboxylic acids is 1. The smallest absolute Gasteiger partial charge is 0.355 e. The molecule has 1 aliphatic heterocycles. The van der Waals surface area contributed by atoms with E-state index in [0.717, 1.165) is 32.4 Å². The van der Waals surface area contributed by atoms with Crippen LogP contribution < -0.4 is 10.6 Å². The SMILES string of the molecule is COC(=O)C1=C(C(=O)OC)N(c2c(C(=O)O)cccc2[N+](=O)[O-])C(N)=C(C#N)C1c1ccccc1. The van der Waals surface area contributed by atoms with E-state index in [4.69, 9.17) is 15.2 Å². The number of rotatable bonds is 6. The molecule has 35 heavy (non-hydrogen) atoms. The molecule has 1 heterocycles. The van der Waals surface area contributed by atoms with Crippen LogP contribution in [0.1, 0.15) is 21.8 Å².